The molecule has 1 aliphatic heterocycles. The standard InChI is InChI=1S/C15H22N2O3/c18-12-15(8-4-9-15)13(19)17(14(20)16-12)10-3-7-11-5-1-2-6-11/h11H,1-10H2,(H,16,18,20). The molecule has 2 saturated carbocycles. The van der Waals surface area contributed by atoms with E-state index < -0.39 is 11.4 Å². The summed E-state index contributed by atoms with van der Waals surface area (Å²) in [5.74, 6) is 0.118. The molecule has 0 radical (unpaired) electrons. The molecule has 1 saturated heterocycles. The van der Waals surface area contributed by atoms with Crippen LogP contribution in [-0.2, 0) is 9.59 Å². The maximum Gasteiger partial charge on any atom is 0.330 e. The van der Waals surface area contributed by atoms with Gasteiger partial charge in [0.2, 0.25) is 11.8 Å². The summed E-state index contributed by atoms with van der Waals surface area (Å²) < 4.78 is 0. The monoisotopic (exact) mass is 278 g/mol. The number of nitrogens with one attached hydrogen (secondary N) is 1. The number of amides is 4. The van der Waals surface area contributed by atoms with Crippen molar-refractivity contribution in [1.29, 1.82) is 0 Å². The summed E-state index contributed by atoms with van der Waals surface area (Å²) in [5.41, 5.74) is -0.915. The van der Waals surface area contributed by atoms with Crippen molar-refractivity contribution in [2.45, 2.75) is 57.8 Å². The van der Waals surface area contributed by atoms with Crippen LogP contribution in [0.3, 0.4) is 0 Å². The molecule has 1 N–H and O–H groups in total. The first-order chi connectivity index (χ1) is 9.63. The third kappa shape index (κ3) is 2.13. The first-order valence-electron chi connectivity index (χ1n) is 7.81. The van der Waals surface area contributed by atoms with E-state index in [-0.39, 0.29) is 11.8 Å². The van der Waals surface area contributed by atoms with Crippen molar-refractivity contribution in [3.05, 3.63) is 0 Å². The second-order valence-corrected chi connectivity index (χ2v) is 6.44. The molecule has 0 unspecified atom stereocenters. The van der Waals surface area contributed by atoms with Crippen LogP contribution in [0.5, 0.6) is 0 Å². The number of carbonyl (C=O) groups is 3. The van der Waals surface area contributed by atoms with Gasteiger partial charge < -0.3 is 0 Å². The molecule has 5 heteroatoms. The summed E-state index contributed by atoms with van der Waals surface area (Å²) in [7, 11) is 0. The van der Waals surface area contributed by atoms with Gasteiger partial charge in [-0.15, -0.1) is 0 Å². The average Bonchev–Trinajstić information content (AvgIpc) is 2.84. The Bertz CT molecular complexity index is 436. The second-order valence-electron chi connectivity index (χ2n) is 6.44. The SMILES string of the molecule is O=C1NC(=O)C2(CCC2)C(=O)N1CCCC1CCCC1. The van der Waals surface area contributed by atoms with E-state index in [1.54, 1.807) is 0 Å². The topological polar surface area (TPSA) is 66.5 Å². The normalized spacial score (nSPS) is 26.0. The predicted molar refractivity (Wildman–Crippen MR) is 72.7 cm³/mol. The molecule has 110 valence electrons. The van der Waals surface area contributed by atoms with Gasteiger partial charge in [-0.25, -0.2) is 4.79 Å². The van der Waals surface area contributed by atoms with Crippen LogP contribution in [0.1, 0.15) is 57.8 Å². The Morgan fingerprint density at radius 3 is 2.40 bits per heavy atom. The Balaban J connectivity index is 1.58. The van der Waals surface area contributed by atoms with Gasteiger partial charge in [0.25, 0.3) is 0 Å². The van der Waals surface area contributed by atoms with Gasteiger partial charge in [0.1, 0.15) is 5.41 Å². The Hall–Kier alpha value is -1.39. The van der Waals surface area contributed by atoms with E-state index in [0.29, 0.717) is 19.4 Å². The molecule has 20 heavy (non-hydrogen) atoms. The number of hydrogen-bond donors (Lipinski definition) is 1. The molecule has 1 heterocycles. The van der Waals surface area contributed by atoms with Crippen LogP contribution in [0.2, 0.25) is 0 Å². The van der Waals surface area contributed by atoms with Crippen LogP contribution >= 0.6 is 0 Å². The van der Waals surface area contributed by atoms with Crippen molar-refractivity contribution in [2.24, 2.45) is 11.3 Å². The summed E-state index contributed by atoms with van der Waals surface area (Å²) in [6.45, 7) is 0.455. The Morgan fingerprint density at radius 1 is 1.10 bits per heavy atom. The summed E-state index contributed by atoms with van der Waals surface area (Å²) in [4.78, 5) is 37.4. The van der Waals surface area contributed by atoms with Gasteiger partial charge in [0.05, 0.1) is 0 Å². The van der Waals surface area contributed by atoms with Crippen LogP contribution in [-0.4, -0.2) is 29.3 Å². The predicted octanol–water partition coefficient (Wildman–Crippen LogP) is 2.21. The minimum absolute atomic E-state index is 0.260. The van der Waals surface area contributed by atoms with E-state index in [2.05, 4.69) is 5.32 Å². The quantitative estimate of drug-likeness (QED) is 0.802. The van der Waals surface area contributed by atoms with Crippen LogP contribution in [0.15, 0.2) is 0 Å². The van der Waals surface area contributed by atoms with Crippen molar-refractivity contribution in [3.63, 3.8) is 0 Å². The molecule has 0 bridgehead atoms. The minimum Gasteiger partial charge on any atom is -0.277 e. The summed E-state index contributed by atoms with van der Waals surface area (Å²) in [6, 6.07) is -0.524. The highest BCUT2D eigenvalue weighted by atomic mass is 16.2. The zero-order chi connectivity index (χ0) is 14.2. The largest absolute Gasteiger partial charge is 0.330 e. The molecule has 2 aliphatic carbocycles. The fraction of sp³-hybridized carbons (Fsp3) is 0.800. The molecule has 5 nitrogen and oxygen atoms in total. The lowest BCUT2D eigenvalue weighted by molar-refractivity contribution is -0.157. The molecule has 4 amide bonds. The maximum absolute atomic E-state index is 12.4. The zero-order valence-electron chi connectivity index (χ0n) is 11.8. The Labute approximate surface area is 119 Å². The Morgan fingerprint density at radius 2 is 1.80 bits per heavy atom. The number of urea groups is 1. The molecule has 1 spiro atoms. The second kappa shape index (κ2) is 5.19. The molecule has 0 atom stereocenters. The van der Waals surface area contributed by atoms with Gasteiger partial charge in [-0.05, 0) is 31.6 Å². The van der Waals surface area contributed by atoms with Gasteiger partial charge in [-0.2, -0.15) is 0 Å². The maximum atomic E-state index is 12.4. The third-order valence-corrected chi connectivity index (χ3v) is 5.23. The van der Waals surface area contributed by atoms with Crippen molar-refractivity contribution in [1.82, 2.24) is 10.2 Å². The van der Waals surface area contributed by atoms with E-state index in [1.807, 2.05) is 0 Å². The molecular formula is C15H22N2O3. The molecule has 0 aromatic heterocycles. The van der Waals surface area contributed by atoms with Gasteiger partial charge in [0.15, 0.2) is 0 Å². The molecule has 0 aromatic carbocycles. The number of barbiturate groups is 1. The third-order valence-electron chi connectivity index (χ3n) is 5.23. The smallest absolute Gasteiger partial charge is 0.277 e. The summed E-state index contributed by atoms with van der Waals surface area (Å²) in [6.07, 6.45) is 9.19. The van der Waals surface area contributed by atoms with E-state index in [0.717, 1.165) is 25.2 Å². The lowest BCUT2D eigenvalue weighted by Crippen LogP contribution is -2.66. The molecule has 3 aliphatic rings. The highest BCUT2D eigenvalue weighted by molar-refractivity contribution is 6.19. The lowest BCUT2D eigenvalue weighted by Gasteiger charge is -2.44. The summed E-state index contributed by atoms with van der Waals surface area (Å²) in [5, 5.41) is 2.36. The highest BCUT2D eigenvalue weighted by Crippen LogP contribution is 2.44. The number of carbonyl (C=O) groups excluding carboxylic acids is 3. The minimum atomic E-state index is -0.915. The highest BCUT2D eigenvalue weighted by Gasteiger charge is 2.57. The van der Waals surface area contributed by atoms with Crippen LogP contribution in [0.4, 0.5) is 4.79 Å². The van der Waals surface area contributed by atoms with E-state index in [4.69, 9.17) is 0 Å². The lowest BCUT2D eigenvalue weighted by atomic mass is 9.66. The number of hydrogen-bond acceptors (Lipinski definition) is 3. The van der Waals surface area contributed by atoms with Crippen LogP contribution < -0.4 is 5.32 Å². The fourth-order valence-corrected chi connectivity index (χ4v) is 3.74. The first-order valence-corrected chi connectivity index (χ1v) is 7.81. The van der Waals surface area contributed by atoms with Crippen LogP contribution in [0.25, 0.3) is 0 Å². The van der Waals surface area contributed by atoms with Crippen molar-refractivity contribution in [2.75, 3.05) is 6.54 Å². The average molecular weight is 278 g/mol. The van der Waals surface area contributed by atoms with Gasteiger partial charge >= 0.3 is 6.03 Å². The van der Waals surface area contributed by atoms with E-state index in [1.165, 1.54) is 30.6 Å². The van der Waals surface area contributed by atoms with Gasteiger partial charge in [-0.1, -0.05) is 32.1 Å². The van der Waals surface area contributed by atoms with Gasteiger partial charge in [-0.3, -0.25) is 19.8 Å². The molecule has 3 fully saturated rings. The fourth-order valence-electron chi connectivity index (χ4n) is 3.74. The molecule has 3 rings (SSSR count). The number of nitrogens with zero attached hydrogens (tertiary/aromatic N) is 1. The van der Waals surface area contributed by atoms with Crippen molar-refractivity contribution in [3.8, 4) is 0 Å². The first kappa shape index (κ1) is 13.6. The van der Waals surface area contributed by atoms with Crippen LogP contribution in [0, 0.1) is 11.3 Å². The molecule has 0 aromatic rings. The van der Waals surface area contributed by atoms with Crippen molar-refractivity contribution < 1.29 is 14.4 Å². The summed E-state index contributed by atoms with van der Waals surface area (Å²) >= 11 is 0. The zero-order valence-corrected chi connectivity index (χ0v) is 11.8. The number of rotatable bonds is 4. The molecular weight excluding hydrogens is 256 g/mol. The number of imide groups is 2. The van der Waals surface area contributed by atoms with E-state index >= 15 is 0 Å². The van der Waals surface area contributed by atoms with Gasteiger partial charge in [0, 0.05) is 6.54 Å². The Kier molecular flexibility index (Phi) is 3.52. The van der Waals surface area contributed by atoms with E-state index in [9.17, 15) is 14.4 Å². The van der Waals surface area contributed by atoms with Crippen molar-refractivity contribution >= 4 is 17.8 Å².